The molecule has 1 saturated carbocycles. The van der Waals surface area contributed by atoms with Crippen LogP contribution in [0.3, 0.4) is 0 Å². The zero-order valence-electron chi connectivity index (χ0n) is 9.39. The Kier molecular flexibility index (Phi) is 2.34. The number of halogens is 1. The van der Waals surface area contributed by atoms with Gasteiger partial charge in [-0.25, -0.2) is 4.39 Å². The zero-order valence-corrected chi connectivity index (χ0v) is 9.39. The molecule has 0 bridgehead atoms. The van der Waals surface area contributed by atoms with Gasteiger partial charge in [0.15, 0.2) is 0 Å². The summed E-state index contributed by atoms with van der Waals surface area (Å²) in [7, 11) is 0. The van der Waals surface area contributed by atoms with Crippen LogP contribution in [-0.2, 0) is 5.54 Å². The lowest BCUT2D eigenvalue weighted by Crippen LogP contribution is -2.34. The molecule has 0 aliphatic heterocycles. The molecule has 2 rings (SSSR count). The normalized spacial score (nSPS) is 29.3. The van der Waals surface area contributed by atoms with E-state index in [9.17, 15) is 4.39 Å². The lowest BCUT2D eigenvalue weighted by atomic mass is 9.84. The Morgan fingerprint density at radius 3 is 2.53 bits per heavy atom. The summed E-state index contributed by atoms with van der Waals surface area (Å²) < 4.78 is 13.1. The quantitative estimate of drug-likeness (QED) is 0.752. The van der Waals surface area contributed by atoms with Crippen molar-refractivity contribution in [3.63, 3.8) is 0 Å². The Balaban J connectivity index is 2.31. The molecule has 0 heterocycles. The molecule has 2 heteroatoms. The van der Waals surface area contributed by atoms with Crippen molar-refractivity contribution in [3.05, 3.63) is 35.6 Å². The van der Waals surface area contributed by atoms with E-state index in [1.807, 2.05) is 6.07 Å². The molecule has 1 aromatic carbocycles. The maximum Gasteiger partial charge on any atom is 0.123 e. The molecule has 15 heavy (non-hydrogen) atoms. The average Bonchev–Trinajstić information content (AvgIpc) is 2.42. The van der Waals surface area contributed by atoms with E-state index in [0.717, 1.165) is 24.8 Å². The van der Waals surface area contributed by atoms with E-state index in [0.29, 0.717) is 0 Å². The zero-order chi connectivity index (χ0) is 11.1. The number of hydrogen-bond donors (Lipinski definition) is 1. The predicted octanol–water partition coefficient (Wildman–Crippen LogP) is 3.19. The van der Waals surface area contributed by atoms with Crippen LogP contribution in [0.1, 0.15) is 38.7 Å². The van der Waals surface area contributed by atoms with Crippen molar-refractivity contribution in [3.8, 4) is 0 Å². The van der Waals surface area contributed by atoms with Gasteiger partial charge in [0.05, 0.1) is 0 Å². The maximum absolute atomic E-state index is 13.1. The van der Waals surface area contributed by atoms with Crippen molar-refractivity contribution >= 4 is 0 Å². The van der Waals surface area contributed by atoms with E-state index in [4.69, 9.17) is 5.73 Å². The first-order valence-electron chi connectivity index (χ1n) is 5.46. The average molecular weight is 207 g/mol. The molecule has 0 saturated heterocycles. The predicted molar refractivity (Wildman–Crippen MR) is 59.9 cm³/mol. The Labute approximate surface area is 90.5 Å². The van der Waals surface area contributed by atoms with Gasteiger partial charge in [-0.3, -0.25) is 0 Å². The fourth-order valence-electron chi connectivity index (χ4n) is 2.64. The molecule has 1 atom stereocenters. The number of nitrogens with two attached hydrogens (primary N) is 1. The molecular weight excluding hydrogens is 189 g/mol. The van der Waals surface area contributed by atoms with Crippen molar-refractivity contribution < 1.29 is 4.39 Å². The maximum atomic E-state index is 13.1. The first kappa shape index (κ1) is 10.6. The van der Waals surface area contributed by atoms with Crippen LogP contribution in [0.25, 0.3) is 0 Å². The van der Waals surface area contributed by atoms with Gasteiger partial charge < -0.3 is 5.73 Å². The first-order valence-corrected chi connectivity index (χ1v) is 5.46. The molecule has 1 aliphatic carbocycles. The molecular formula is C13H18FN. The van der Waals surface area contributed by atoms with E-state index >= 15 is 0 Å². The minimum atomic E-state index is -0.328. The summed E-state index contributed by atoms with van der Waals surface area (Å²) in [5.74, 6) is -0.193. The lowest BCUT2D eigenvalue weighted by molar-refractivity contribution is 0.339. The lowest BCUT2D eigenvalue weighted by Gasteiger charge is -2.27. The van der Waals surface area contributed by atoms with Crippen molar-refractivity contribution in [1.29, 1.82) is 0 Å². The van der Waals surface area contributed by atoms with Crippen molar-refractivity contribution in [2.75, 3.05) is 0 Å². The number of rotatable bonds is 1. The van der Waals surface area contributed by atoms with Gasteiger partial charge in [-0.1, -0.05) is 26.0 Å². The summed E-state index contributed by atoms with van der Waals surface area (Å²) in [4.78, 5) is 0. The van der Waals surface area contributed by atoms with Crippen LogP contribution in [0.4, 0.5) is 4.39 Å². The van der Waals surface area contributed by atoms with Crippen LogP contribution in [0.2, 0.25) is 0 Å². The van der Waals surface area contributed by atoms with Crippen LogP contribution in [0.5, 0.6) is 0 Å². The third-order valence-corrected chi connectivity index (χ3v) is 3.44. The van der Waals surface area contributed by atoms with Crippen LogP contribution in [0.15, 0.2) is 24.3 Å². The van der Waals surface area contributed by atoms with Crippen molar-refractivity contribution in [2.45, 2.75) is 38.6 Å². The summed E-state index contributed by atoms with van der Waals surface area (Å²) >= 11 is 0. The minimum absolute atomic E-state index is 0.193. The van der Waals surface area contributed by atoms with Gasteiger partial charge in [-0.15, -0.1) is 0 Å². The Morgan fingerprint density at radius 2 is 2.00 bits per heavy atom. The fraction of sp³-hybridized carbons (Fsp3) is 0.538. The van der Waals surface area contributed by atoms with Gasteiger partial charge in [-0.05, 0) is 42.4 Å². The second kappa shape index (κ2) is 3.31. The highest BCUT2D eigenvalue weighted by atomic mass is 19.1. The molecule has 0 spiro atoms. The molecule has 2 N–H and O–H groups in total. The molecule has 1 unspecified atom stereocenters. The smallest absolute Gasteiger partial charge is 0.123 e. The van der Waals surface area contributed by atoms with Crippen molar-refractivity contribution in [2.24, 2.45) is 11.1 Å². The molecule has 82 valence electrons. The standard InChI is InChI=1S/C13H18FN/c1-12(2)6-7-13(15,9-12)10-4-3-5-11(14)8-10/h3-5,8H,6-7,9,15H2,1-2H3. The molecule has 1 nitrogen and oxygen atoms in total. The van der Waals surface area contributed by atoms with Gasteiger partial charge in [0.25, 0.3) is 0 Å². The minimum Gasteiger partial charge on any atom is -0.321 e. The topological polar surface area (TPSA) is 26.0 Å². The molecule has 1 fully saturated rings. The number of hydrogen-bond acceptors (Lipinski definition) is 1. The molecule has 0 aromatic heterocycles. The molecule has 1 aliphatic rings. The summed E-state index contributed by atoms with van der Waals surface area (Å²) in [6, 6.07) is 6.71. The van der Waals surface area contributed by atoms with E-state index in [1.165, 1.54) is 6.07 Å². The van der Waals surface area contributed by atoms with Gasteiger partial charge in [0.1, 0.15) is 5.82 Å². The Hall–Kier alpha value is -0.890. The van der Waals surface area contributed by atoms with Gasteiger partial charge in [0.2, 0.25) is 0 Å². The van der Waals surface area contributed by atoms with Gasteiger partial charge in [0, 0.05) is 5.54 Å². The third kappa shape index (κ3) is 2.05. The first-order chi connectivity index (χ1) is 6.91. The highest BCUT2D eigenvalue weighted by Gasteiger charge is 2.41. The molecule has 0 amide bonds. The Bertz CT molecular complexity index is 373. The van der Waals surface area contributed by atoms with E-state index < -0.39 is 0 Å². The highest BCUT2D eigenvalue weighted by molar-refractivity contribution is 5.26. The van der Waals surface area contributed by atoms with Gasteiger partial charge in [-0.2, -0.15) is 0 Å². The van der Waals surface area contributed by atoms with E-state index in [2.05, 4.69) is 13.8 Å². The highest BCUT2D eigenvalue weighted by Crippen LogP contribution is 2.47. The summed E-state index contributed by atoms with van der Waals surface area (Å²) in [5.41, 5.74) is 7.25. The van der Waals surface area contributed by atoms with E-state index in [1.54, 1.807) is 12.1 Å². The van der Waals surface area contributed by atoms with Crippen LogP contribution in [-0.4, -0.2) is 0 Å². The second-order valence-corrected chi connectivity index (χ2v) is 5.51. The molecule has 0 radical (unpaired) electrons. The monoisotopic (exact) mass is 207 g/mol. The van der Waals surface area contributed by atoms with Crippen LogP contribution < -0.4 is 5.73 Å². The summed E-state index contributed by atoms with van der Waals surface area (Å²) in [6.07, 6.45) is 2.99. The van der Waals surface area contributed by atoms with E-state index in [-0.39, 0.29) is 16.8 Å². The van der Waals surface area contributed by atoms with Crippen LogP contribution in [0, 0.1) is 11.2 Å². The SMILES string of the molecule is CC1(C)CCC(N)(c2cccc(F)c2)C1. The summed E-state index contributed by atoms with van der Waals surface area (Å²) in [5, 5.41) is 0. The van der Waals surface area contributed by atoms with Crippen molar-refractivity contribution in [1.82, 2.24) is 0 Å². The van der Waals surface area contributed by atoms with Crippen LogP contribution >= 0.6 is 0 Å². The largest absolute Gasteiger partial charge is 0.321 e. The Morgan fingerprint density at radius 1 is 1.27 bits per heavy atom. The second-order valence-electron chi connectivity index (χ2n) is 5.51. The third-order valence-electron chi connectivity index (χ3n) is 3.44. The fourth-order valence-corrected chi connectivity index (χ4v) is 2.64. The summed E-state index contributed by atoms with van der Waals surface area (Å²) in [6.45, 7) is 4.45. The number of benzene rings is 1. The molecule has 1 aromatic rings. The van der Waals surface area contributed by atoms with Gasteiger partial charge >= 0.3 is 0 Å².